The topological polar surface area (TPSA) is 83.6 Å². The van der Waals surface area contributed by atoms with Crippen molar-refractivity contribution in [1.82, 2.24) is 15.6 Å². The van der Waals surface area contributed by atoms with Gasteiger partial charge in [0.05, 0.1) is 7.11 Å². The number of hydrogen-bond donors (Lipinski definition) is 2. The summed E-state index contributed by atoms with van der Waals surface area (Å²) in [6.45, 7) is 2.48. The smallest absolute Gasteiger partial charge is 0.252 e. The molecule has 4 rings (SSSR count). The zero-order valence-electron chi connectivity index (χ0n) is 19.3. The maximum atomic E-state index is 13.2. The maximum absolute atomic E-state index is 13.2. The van der Waals surface area contributed by atoms with Crippen LogP contribution in [0.1, 0.15) is 34.8 Å². The Labute approximate surface area is 200 Å². The van der Waals surface area contributed by atoms with Gasteiger partial charge in [-0.25, -0.2) is 0 Å². The number of ether oxygens (including phenoxy) is 1. The number of benzene rings is 2. The van der Waals surface area contributed by atoms with Gasteiger partial charge in [-0.1, -0.05) is 30.3 Å². The van der Waals surface area contributed by atoms with Crippen LogP contribution in [-0.2, 0) is 4.79 Å². The molecule has 0 aliphatic carbocycles. The molecule has 0 unspecified atom stereocenters. The molecule has 34 heavy (non-hydrogen) atoms. The predicted molar refractivity (Wildman–Crippen MR) is 132 cm³/mol. The Morgan fingerprint density at radius 2 is 1.68 bits per heavy atom. The Hall–Kier alpha value is -3.87. The second-order valence-corrected chi connectivity index (χ2v) is 8.43. The standard InChI is InChI=1S/C27H30N4O3/c1-34-24-9-7-22(8-10-24)26(32)30-25(21-5-3-2-4-6-21)27(33)29-19-20-13-17-31(18-14-20)23-11-15-28-16-12-23/h2-12,15-16,20,25H,13-14,17-19H2,1H3,(H,29,33)(H,30,32)/t25-/m1/s1. The number of methoxy groups -OCH3 is 1. The van der Waals surface area contributed by atoms with E-state index in [0.29, 0.717) is 23.8 Å². The van der Waals surface area contributed by atoms with Gasteiger partial charge in [-0.3, -0.25) is 14.6 Å². The molecule has 1 aliphatic heterocycles. The number of carbonyl (C=O) groups is 2. The summed E-state index contributed by atoms with van der Waals surface area (Å²) < 4.78 is 5.16. The molecule has 3 aromatic rings. The van der Waals surface area contributed by atoms with E-state index in [-0.39, 0.29) is 11.8 Å². The van der Waals surface area contributed by atoms with Gasteiger partial charge in [0.1, 0.15) is 11.8 Å². The predicted octanol–water partition coefficient (Wildman–Crippen LogP) is 3.59. The number of pyridine rings is 1. The molecule has 7 heteroatoms. The van der Waals surface area contributed by atoms with Crippen molar-refractivity contribution in [2.45, 2.75) is 18.9 Å². The molecule has 2 aromatic carbocycles. The highest BCUT2D eigenvalue weighted by Gasteiger charge is 2.25. The summed E-state index contributed by atoms with van der Waals surface area (Å²) >= 11 is 0. The molecule has 1 aliphatic rings. The van der Waals surface area contributed by atoms with Crippen LogP contribution in [0.15, 0.2) is 79.1 Å². The van der Waals surface area contributed by atoms with Gasteiger partial charge in [-0.2, -0.15) is 0 Å². The molecule has 2 heterocycles. The van der Waals surface area contributed by atoms with Crippen LogP contribution >= 0.6 is 0 Å². The minimum atomic E-state index is -0.771. The van der Waals surface area contributed by atoms with E-state index in [1.165, 1.54) is 5.69 Å². The number of nitrogens with zero attached hydrogens (tertiary/aromatic N) is 2. The van der Waals surface area contributed by atoms with Crippen molar-refractivity contribution in [2.24, 2.45) is 5.92 Å². The van der Waals surface area contributed by atoms with Gasteiger partial charge in [0.2, 0.25) is 5.91 Å². The summed E-state index contributed by atoms with van der Waals surface area (Å²) in [6.07, 6.45) is 5.62. The molecule has 7 nitrogen and oxygen atoms in total. The molecule has 1 aromatic heterocycles. The lowest BCUT2D eigenvalue weighted by molar-refractivity contribution is -0.123. The molecule has 176 valence electrons. The molecule has 1 fully saturated rings. The molecular formula is C27H30N4O3. The van der Waals surface area contributed by atoms with E-state index in [4.69, 9.17) is 4.74 Å². The fourth-order valence-corrected chi connectivity index (χ4v) is 4.20. The third kappa shape index (κ3) is 5.92. The van der Waals surface area contributed by atoms with Crippen LogP contribution in [0.2, 0.25) is 0 Å². The van der Waals surface area contributed by atoms with Crippen LogP contribution in [0.3, 0.4) is 0 Å². The number of amides is 2. The van der Waals surface area contributed by atoms with Gasteiger partial charge in [0, 0.05) is 43.3 Å². The zero-order valence-corrected chi connectivity index (χ0v) is 19.3. The summed E-state index contributed by atoms with van der Waals surface area (Å²) in [4.78, 5) is 32.5. The van der Waals surface area contributed by atoms with Crippen molar-refractivity contribution in [2.75, 3.05) is 31.6 Å². The average molecular weight is 459 g/mol. The Bertz CT molecular complexity index is 1070. The Morgan fingerprint density at radius 1 is 1.00 bits per heavy atom. The van der Waals surface area contributed by atoms with Gasteiger partial charge in [-0.15, -0.1) is 0 Å². The van der Waals surface area contributed by atoms with Crippen molar-refractivity contribution in [3.05, 3.63) is 90.3 Å². The summed E-state index contributed by atoms with van der Waals surface area (Å²) in [5.74, 6) is 0.557. The summed E-state index contributed by atoms with van der Waals surface area (Å²) in [5, 5.41) is 5.98. The molecule has 2 amide bonds. The number of nitrogens with one attached hydrogen (secondary N) is 2. The average Bonchev–Trinajstić information content (AvgIpc) is 2.91. The normalized spacial score (nSPS) is 14.8. The quantitative estimate of drug-likeness (QED) is 0.539. The number of piperidine rings is 1. The van der Waals surface area contributed by atoms with Crippen molar-refractivity contribution >= 4 is 17.5 Å². The van der Waals surface area contributed by atoms with E-state index in [2.05, 4.69) is 20.5 Å². The summed E-state index contributed by atoms with van der Waals surface area (Å²) in [5.41, 5.74) is 2.40. The van der Waals surface area contributed by atoms with E-state index >= 15 is 0 Å². The van der Waals surface area contributed by atoms with E-state index in [1.54, 1.807) is 31.4 Å². The van der Waals surface area contributed by atoms with E-state index in [1.807, 2.05) is 54.9 Å². The molecule has 1 saturated heterocycles. The van der Waals surface area contributed by atoms with Crippen LogP contribution in [0.25, 0.3) is 0 Å². The highest BCUT2D eigenvalue weighted by atomic mass is 16.5. The minimum Gasteiger partial charge on any atom is -0.497 e. The van der Waals surface area contributed by atoms with Crippen molar-refractivity contribution in [1.29, 1.82) is 0 Å². The number of anilines is 1. The first kappa shape index (κ1) is 23.3. The number of carbonyl (C=O) groups excluding carboxylic acids is 2. The third-order valence-corrected chi connectivity index (χ3v) is 6.23. The van der Waals surface area contributed by atoms with Gasteiger partial charge < -0.3 is 20.3 Å². The van der Waals surface area contributed by atoms with Gasteiger partial charge >= 0.3 is 0 Å². The second-order valence-electron chi connectivity index (χ2n) is 8.43. The van der Waals surface area contributed by atoms with Crippen LogP contribution in [0.5, 0.6) is 5.75 Å². The Morgan fingerprint density at radius 3 is 2.32 bits per heavy atom. The molecule has 0 spiro atoms. The fraction of sp³-hybridized carbons (Fsp3) is 0.296. The first-order valence-corrected chi connectivity index (χ1v) is 11.6. The molecule has 0 bridgehead atoms. The molecule has 0 radical (unpaired) electrons. The minimum absolute atomic E-state index is 0.204. The lowest BCUT2D eigenvalue weighted by Gasteiger charge is -2.33. The Kier molecular flexibility index (Phi) is 7.75. The van der Waals surface area contributed by atoms with E-state index in [9.17, 15) is 9.59 Å². The van der Waals surface area contributed by atoms with E-state index in [0.717, 1.165) is 31.5 Å². The number of rotatable bonds is 8. The van der Waals surface area contributed by atoms with Gasteiger partial charge in [0.25, 0.3) is 5.91 Å². The van der Waals surface area contributed by atoms with Crippen LogP contribution in [0.4, 0.5) is 5.69 Å². The van der Waals surface area contributed by atoms with Gasteiger partial charge in [0.15, 0.2) is 0 Å². The van der Waals surface area contributed by atoms with Crippen molar-refractivity contribution in [3.8, 4) is 5.75 Å². The first-order chi connectivity index (χ1) is 16.6. The Balaban J connectivity index is 1.36. The molecule has 2 N–H and O–H groups in total. The molecule has 0 saturated carbocycles. The zero-order chi connectivity index (χ0) is 23.8. The van der Waals surface area contributed by atoms with E-state index < -0.39 is 6.04 Å². The van der Waals surface area contributed by atoms with Crippen LogP contribution < -0.4 is 20.3 Å². The van der Waals surface area contributed by atoms with Crippen LogP contribution in [0, 0.1) is 5.92 Å². The van der Waals surface area contributed by atoms with Crippen molar-refractivity contribution < 1.29 is 14.3 Å². The SMILES string of the molecule is COc1ccc(C(=O)N[C@@H](C(=O)NCC2CCN(c3ccncc3)CC2)c2ccccc2)cc1. The highest BCUT2D eigenvalue weighted by Crippen LogP contribution is 2.23. The number of aromatic nitrogens is 1. The second kappa shape index (κ2) is 11.3. The monoisotopic (exact) mass is 458 g/mol. The largest absolute Gasteiger partial charge is 0.497 e. The lowest BCUT2D eigenvalue weighted by atomic mass is 9.96. The van der Waals surface area contributed by atoms with Gasteiger partial charge in [-0.05, 0) is 60.7 Å². The molecular weight excluding hydrogens is 428 g/mol. The fourth-order valence-electron chi connectivity index (χ4n) is 4.20. The lowest BCUT2D eigenvalue weighted by Crippen LogP contribution is -2.43. The number of hydrogen-bond acceptors (Lipinski definition) is 5. The third-order valence-electron chi connectivity index (χ3n) is 6.23. The molecule has 1 atom stereocenters. The van der Waals surface area contributed by atoms with Crippen molar-refractivity contribution in [3.63, 3.8) is 0 Å². The maximum Gasteiger partial charge on any atom is 0.252 e. The highest BCUT2D eigenvalue weighted by molar-refractivity contribution is 5.98. The summed E-state index contributed by atoms with van der Waals surface area (Å²) in [7, 11) is 1.58. The van der Waals surface area contributed by atoms with Crippen LogP contribution in [-0.4, -0.2) is 43.5 Å². The summed E-state index contributed by atoms with van der Waals surface area (Å²) in [6, 6.07) is 19.4. The first-order valence-electron chi connectivity index (χ1n) is 11.6.